The van der Waals surface area contributed by atoms with Gasteiger partial charge in [-0.25, -0.2) is 0 Å². The molecule has 0 amide bonds. The van der Waals surface area contributed by atoms with Crippen molar-refractivity contribution in [1.82, 2.24) is 0 Å². The molecule has 0 spiro atoms. The summed E-state index contributed by atoms with van der Waals surface area (Å²) in [5.74, 6) is 1.74. The molecule has 1 fully saturated rings. The van der Waals surface area contributed by atoms with E-state index in [-0.39, 0.29) is 6.04 Å². The third kappa shape index (κ3) is 1.89. The molecule has 0 aliphatic heterocycles. The van der Waals surface area contributed by atoms with Crippen molar-refractivity contribution in [2.24, 2.45) is 11.7 Å². The van der Waals surface area contributed by atoms with Gasteiger partial charge in [0.15, 0.2) is 0 Å². The maximum absolute atomic E-state index is 9.00. The van der Waals surface area contributed by atoms with Crippen molar-refractivity contribution < 1.29 is 4.74 Å². The zero-order chi connectivity index (χ0) is 11.7. The molecule has 0 heterocycles. The van der Waals surface area contributed by atoms with E-state index in [1.807, 2.05) is 25.1 Å². The lowest BCUT2D eigenvalue weighted by molar-refractivity contribution is 0.413. The van der Waals surface area contributed by atoms with Crippen LogP contribution in [-0.2, 0) is 0 Å². The maximum Gasteiger partial charge on any atom is 0.136 e. The van der Waals surface area contributed by atoms with Gasteiger partial charge in [-0.3, -0.25) is 0 Å². The fourth-order valence-corrected chi connectivity index (χ4v) is 2.22. The quantitative estimate of drug-likeness (QED) is 0.840. The van der Waals surface area contributed by atoms with Crippen molar-refractivity contribution in [3.8, 4) is 11.8 Å². The lowest BCUT2D eigenvalue weighted by atomic mass is 10.0. The fraction of sp³-hybridized carbons (Fsp3) is 0.462. The molecular formula is C13H16N2O. The lowest BCUT2D eigenvalue weighted by Crippen LogP contribution is -2.17. The van der Waals surface area contributed by atoms with E-state index in [9.17, 15) is 0 Å². The van der Waals surface area contributed by atoms with E-state index < -0.39 is 0 Å². The molecule has 3 unspecified atom stereocenters. The summed E-state index contributed by atoms with van der Waals surface area (Å²) < 4.78 is 5.12. The first-order valence-corrected chi connectivity index (χ1v) is 5.51. The average molecular weight is 216 g/mol. The average Bonchev–Trinajstić information content (AvgIpc) is 3.08. The van der Waals surface area contributed by atoms with E-state index in [0.29, 0.717) is 23.1 Å². The van der Waals surface area contributed by atoms with Crippen LogP contribution in [0.1, 0.15) is 30.4 Å². The van der Waals surface area contributed by atoms with Crippen molar-refractivity contribution in [1.29, 1.82) is 5.26 Å². The summed E-state index contributed by atoms with van der Waals surface area (Å²) in [6.07, 6.45) is 1.13. The third-order valence-corrected chi connectivity index (χ3v) is 3.29. The molecular weight excluding hydrogens is 200 g/mol. The minimum atomic E-state index is 0.234. The Balaban J connectivity index is 2.22. The Kier molecular flexibility index (Phi) is 2.84. The molecule has 1 aromatic carbocycles. The van der Waals surface area contributed by atoms with Crippen LogP contribution in [0.5, 0.6) is 5.75 Å². The summed E-state index contributed by atoms with van der Waals surface area (Å²) in [5.41, 5.74) is 7.68. The van der Waals surface area contributed by atoms with Crippen LogP contribution >= 0.6 is 0 Å². The zero-order valence-electron chi connectivity index (χ0n) is 9.60. The topological polar surface area (TPSA) is 59.0 Å². The van der Waals surface area contributed by atoms with Crippen LogP contribution in [0.4, 0.5) is 0 Å². The van der Waals surface area contributed by atoms with E-state index in [1.54, 1.807) is 7.11 Å². The summed E-state index contributed by atoms with van der Waals surface area (Å²) in [6.45, 7) is 2.04. The number of nitriles is 1. The minimum Gasteiger partial charge on any atom is -0.495 e. The van der Waals surface area contributed by atoms with Gasteiger partial charge in [0.1, 0.15) is 11.8 Å². The molecule has 3 nitrogen and oxygen atoms in total. The highest BCUT2D eigenvalue weighted by molar-refractivity contribution is 5.47. The molecule has 3 heteroatoms. The SMILES string of the molecule is COc1ccc(C2CC2C(C)N)cc1C#N. The second-order valence-electron chi connectivity index (χ2n) is 4.44. The monoisotopic (exact) mass is 216 g/mol. The van der Waals surface area contributed by atoms with Gasteiger partial charge in [0.05, 0.1) is 12.7 Å². The highest BCUT2D eigenvalue weighted by Gasteiger charge is 2.40. The van der Waals surface area contributed by atoms with E-state index >= 15 is 0 Å². The van der Waals surface area contributed by atoms with Gasteiger partial charge in [-0.2, -0.15) is 5.26 Å². The van der Waals surface area contributed by atoms with Crippen molar-refractivity contribution in [2.45, 2.75) is 25.3 Å². The molecule has 0 aromatic heterocycles. The van der Waals surface area contributed by atoms with Gasteiger partial charge < -0.3 is 10.5 Å². The predicted octanol–water partition coefficient (Wildman–Crippen LogP) is 2.02. The van der Waals surface area contributed by atoms with Crippen molar-refractivity contribution in [3.05, 3.63) is 29.3 Å². The number of nitrogens with zero attached hydrogens (tertiary/aromatic N) is 1. The first-order chi connectivity index (χ1) is 7.67. The zero-order valence-corrected chi connectivity index (χ0v) is 9.60. The van der Waals surface area contributed by atoms with Gasteiger partial charge in [-0.15, -0.1) is 0 Å². The minimum absolute atomic E-state index is 0.234. The van der Waals surface area contributed by atoms with E-state index in [0.717, 1.165) is 6.42 Å². The highest BCUT2D eigenvalue weighted by atomic mass is 16.5. The van der Waals surface area contributed by atoms with E-state index in [4.69, 9.17) is 15.7 Å². The molecule has 16 heavy (non-hydrogen) atoms. The Morgan fingerprint density at radius 1 is 1.56 bits per heavy atom. The van der Waals surface area contributed by atoms with Crippen LogP contribution in [0.3, 0.4) is 0 Å². The van der Waals surface area contributed by atoms with Crippen LogP contribution in [0.2, 0.25) is 0 Å². The first-order valence-electron chi connectivity index (χ1n) is 5.51. The van der Waals surface area contributed by atoms with Crippen LogP contribution in [0, 0.1) is 17.2 Å². The lowest BCUT2D eigenvalue weighted by Gasteiger charge is -2.07. The molecule has 1 aromatic rings. The van der Waals surface area contributed by atoms with Gasteiger partial charge in [0, 0.05) is 6.04 Å². The highest BCUT2D eigenvalue weighted by Crippen LogP contribution is 2.49. The Hall–Kier alpha value is -1.53. The molecule has 1 saturated carbocycles. The Morgan fingerprint density at radius 2 is 2.31 bits per heavy atom. The van der Waals surface area contributed by atoms with Gasteiger partial charge in [-0.1, -0.05) is 6.07 Å². The van der Waals surface area contributed by atoms with Crippen LogP contribution in [-0.4, -0.2) is 13.2 Å². The predicted molar refractivity (Wildman–Crippen MR) is 62.2 cm³/mol. The molecule has 2 rings (SSSR count). The summed E-state index contributed by atoms with van der Waals surface area (Å²) in [4.78, 5) is 0. The molecule has 1 aliphatic carbocycles. The summed E-state index contributed by atoms with van der Waals surface area (Å²) in [6, 6.07) is 8.21. The standard InChI is InChI=1S/C13H16N2O/c1-8(15)11-6-12(11)9-3-4-13(16-2)10(5-9)7-14/h3-5,8,11-12H,6,15H2,1-2H3. The molecule has 0 radical (unpaired) electrons. The molecule has 84 valence electrons. The summed E-state index contributed by atoms with van der Waals surface area (Å²) in [5, 5.41) is 9.00. The maximum atomic E-state index is 9.00. The second kappa shape index (κ2) is 4.15. The number of methoxy groups -OCH3 is 1. The first kappa shape index (κ1) is 11.0. The Morgan fingerprint density at radius 3 is 2.81 bits per heavy atom. The normalized spacial score (nSPS) is 24.6. The molecule has 0 saturated heterocycles. The molecule has 3 atom stereocenters. The molecule has 1 aliphatic rings. The molecule has 2 N–H and O–H groups in total. The number of benzene rings is 1. The number of nitrogens with two attached hydrogens (primary N) is 1. The largest absolute Gasteiger partial charge is 0.495 e. The van der Waals surface area contributed by atoms with Gasteiger partial charge >= 0.3 is 0 Å². The third-order valence-electron chi connectivity index (χ3n) is 3.29. The van der Waals surface area contributed by atoms with Crippen molar-refractivity contribution in [3.63, 3.8) is 0 Å². The van der Waals surface area contributed by atoms with Crippen molar-refractivity contribution >= 4 is 0 Å². The van der Waals surface area contributed by atoms with Crippen molar-refractivity contribution in [2.75, 3.05) is 7.11 Å². The number of hydrogen-bond acceptors (Lipinski definition) is 3. The fourth-order valence-electron chi connectivity index (χ4n) is 2.22. The van der Waals surface area contributed by atoms with Crippen LogP contribution in [0.25, 0.3) is 0 Å². The van der Waals surface area contributed by atoms with Crippen LogP contribution < -0.4 is 10.5 Å². The number of rotatable bonds is 3. The number of ether oxygens (including phenoxy) is 1. The van der Waals surface area contributed by atoms with E-state index in [2.05, 4.69) is 6.07 Å². The van der Waals surface area contributed by atoms with Gasteiger partial charge in [-0.05, 0) is 42.9 Å². The Bertz CT molecular complexity index is 434. The van der Waals surface area contributed by atoms with E-state index in [1.165, 1.54) is 5.56 Å². The van der Waals surface area contributed by atoms with Crippen LogP contribution in [0.15, 0.2) is 18.2 Å². The second-order valence-corrected chi connectivity index (χ2v) is 4.44. The summed E-state index contributed by atoms with van der Waals surface area (Å²) >= 11 is 0. The molecule has 0 bridgehead atoms. The van der Waals surface area contributed by atoms with Gasteiger partial charge in [0.2, 0.25) is 0 Å². The summed E-state index contributed by atoms with van der Waals surface area (Å²) in [7, 11) is 1.58. The Labute approximate surface area is 95.8 Å². The number of hydrogen-bond donors (Lipinski definition) is 1. The van der Waals surface area contributed by atoms with Gasteiger partial charge in [0.25, 0.3) is 0 Å². The smallest absolute Gasteiger partial charge is 0.136 e.